The lowest BCUT2D eigenvalue weighted by Crippen LogP contribution is -2.33. The van der Waals surface area contributed by atoms with Crippen molar-refractivity contribution >= 4 is 11.9 Å². The number of carboxylic acid groups (broad SMARTS) is 1. The summed E-state index contributed by atoms with van der Waals surface area (Å²) in [6, 6.07) is 8.47. The first-order valence-electron chi connectivity index (χ1n) is 4.72. The van der Waals surface area contributed by atoms with Gasteiger partial charge in [-0.2, -0.15) is 0 Å². The van der Waals surface area contributed by atoms with Crippen LogP contribution in [0, 0.1) is 0 Å². The summed E-state index contributed by atoms with van der Waals surface area (Å²) in [6.45, 7) is 2.18. The van der Waals surface area contributed by atoms with E-state index in [0.717, 1.165) is 0 Å². The fraction of sp³-hybridized carbons (Fsp3) is 0.273. The monoisotopic (exact) mass is 207 g/mol. The van der Waals surface area contributed by atoms with Crippen LogP contribution in [0.3, 0.4) is 0 Å². The van der Waals surface area contributed by atoms with Gasteiger partial charge in [0.25, 0.3) is 0 Å². The number of hydrogen-bond acceptors (Lipinski definition) is 2. The summed E-state index contributed by atoms with van der Waals surface area (Å²) in [4.78, 5) is 22.4. The number of carbonyl (C=O) groups excluding carboxylic acids is 1. The summed E-state index contributed by atoms with van der Waals surface area (Å²) in [6.07, 6.45) is 0. The van der Waals surface area contributed by atoms with Gasteiger partial charge in [-0.05, 0) is 12.5 Å². The van der Waals surface area contributed by atoms with Crippen LogP contribution in [0.1, 0.15) is 18.4 Å². The molecule has 4 nitrogen and oxygen atoms in total. The Morgan fingerprint density at radius 2 is 1.93 bits per heavy atom. The number of rotatable bonds is 4. The van der Waals surface area contributed by atoms with Crippen LogP contribution >= 0.6 is 0 Å². The minimum absolute atomic E-state index is 0.426. The maximum absolute atomic E-state index is 11.5. The topological polar surface area (TPSA) is 66.4 Å². The van der Waals surface area contributed by atoms with Crippen LogP contribution < -0.4 is 5.32 Å². The SMILES string of the molecule is CCNC(=O)[C@@H](C(=O)O)c1ccccc1. The van der Waals surface area contributed by atoms with Gasteiger partial charge in [-0.25, -0.2) is 0 Å². The molecule has 0 heterocycles. The van der Waals surface area contributed by atoms with E-state index in [1.54, 1.807) is 37.3 Å². The molecule has 0 bridgehead atoms. The average molecular weight is 207 g/mol. The van der Waals surface area contributed by atoms with Crippen LogP contribution in [0.25, 0.3) is 0 Å². The van der Waals surface area contributed by atoms with Crippen LogP contribution in [0.2, 0.25) is 0 Å². The van der Waals surface area contributed by atoms with Gasteiger partial charge in [-0.15, -0.1) is 0 Å². The highest BCUT2D eigenvalue weighted by Gasteiger charge is 2.27. The van der Waals surface area contributed by atoms with Gasteiger partial charge in [-0.3, -0.25) is 9.59 Å². The van der Waals surface area contributed by atoms with Crippen molar-refractivity contribution in [3.05, 3.63) is 35.9 Å². The third-order valence-electron chi connectivity index (χ3n) is 1.99. The molecule has 4 heteroatoms. The quantitative estimate of drug-likeness (QED) is 0.723. The molecule has 0 aliphatic rings. The number of nitrogens with one attached hydrogen (secondary N) is 1. The minimum Gasteiger partial charge on any atom is -0.480 e. The summed E-state index contributed by atoms with van der Waals surface area (Å²) in [5.74, 6) is -2.73. The van der Waals surface area contributed by atoms with Crippen LogP contribution in [0.4, 0.5) is 0 Å². The summed E-state index contributed by atoms with van der Waals surface area (Å²) < 4.78 is 0. The van der Waals surface area contributed by atoms with Crippen molar-refractivity contribution in [2.24, 2.45) is 0 Å². The number of benzene rings is 1. The molecule has 0 aliphatic carbocycles. The number of hydrogen-bond donors (Lipinski definition) is 2. The highest BCUT2D eigenvalue weighted by molar-refractivity contribution is 6.02. The van der Waals surface area contributed by atoms with Crippen molar-refractivity contribution in [3.8, 4) is 0 Å². The Morgan fingerprint density at radius 1 is 1.33 bits per heavy atom. The van der Waals surface area contributed by atoms with Crippen LogP contribution in [0.5, 0.6) is 0 Å². The molecule has 1 rings (SSSR count). The molecule has 1 aromatic carbocycles. The zero-order chi connectivity index (χ0) is 11.3. The van der Waals surface area contributed by atoms with E-state index in [1.165, 1.54) is 0 Å². The van der Waals surface area contributed by atoms with Crippen molar-refractivity contribution in [1.29, 1.82) is 0 Å². The molecule has 15 heavy (non-hydrogen) atoms. The summed E-state index contributed by atoms with van der Waals surface area (Å²) in [7, 11) is 0. The second-order valence-electron chi connectivity index (χ2n) is 3.08. The highest BCUT2D eigenvalue weighted by Crippen LogP contribution is 2.15. The van der Waals surface area contributed by atoms with Crippen LogP contribution in [-0.2, 0) is 9.59 Å². The van der Waals surface area contributed by atoms with Crippen molar-refractivity contribution in [2.75, 3.05) is 6.54 Å². The molecule has 0 radical (unpaired) electrons. The third kappa shape index (κ3) is 2.80. The predicted molar refractivity (Wildman–Crippen MR) is 55.5 cm³/mol. The van der Waals surface area contributed by atoms with E-state index < -0.39 is 17.8 Å². The Morgan fingerprint density at radius 3 is 2.40 bits per heavy atom. The van der Waals surface area contributed by atoms with E-state index in [2.05, 4.69) is 5.32 Å². The molecule has 0 saturated heterocycles. The van der Waals surface area contributed by atoms with Gasteiger partial charge in [0.05, 0.1) is 0 Å². The van der Waals surface area contributed by atoms with E-state index in [9.17, 15) is 9.59 Å². The smallest absolute Gasteiger partial charge is 0.320 e. The largest absolute Gasteiger partial charge is 0.480 e. The Labute approximate surface area is 87.9 Å². The standard InChI is InChI=1S/C11H13NO3/c1-2-12-10(13)9(11(14)15)8-6-4-3-5-7-8/h3-7,9H,2H2,1H3,(H,12,13)(H,14,15)/t9-/m0/s1. The number of aliphatic carboxylic acids is 1. The molecule has 0 unspecified atom stereocenters. The molecule has 1 atom stereocenters. The van der Waals surface area contributed by atoms with Gasteiger partial charge in [-0.1, -0.05) is 30.3 Å². The van der Waals surface area contributed by atoms with E-state index in [4.69, 9.17) is 5.11 Å². The second-order valence-corrected chi connectivity index (χ2v) is 3.08. The van der Waals surface area contributed by atoms with Crippen molar-refractivity contribution in [1.82, 2.24) is 5.32 Å². The maximum atomic E-state index is 11.5. The van der Waals surface area contributed by atoms with Gasteiger partial charge >= 0.3 is 5.97 Å². The van der Waals surface area contributed by atoms with Gasteiger partial charge < -0.3 is 10.4 Å². The van der Waals surface area contributed by atoms with Gasteiger partial charge in [0, 0.05) is 6.54 Å². The highest BCUT2D eigenvalue weighted by atomic mass is 16.4. The molecule has 1 aromatic rings. The van der Waals surface area contributed by atoms with Crippen LogP contribution in [-0.4, -0.2) is 23.5 Å². The fourth-order valence-electron chi connectivity index (χ4n) is 1.33. The second kappa shape index (κ2) is 5.14. The molecule has 0 spiro atoms. The lowest BCUT2D eigenvalue weighted by molar-refractivity contribution is -0.143. The third-order valence-corrected chi connectivity index (χ3v) is 1.99. The number of amides is 1. The zero-order valence-corrected chi connectivity index (χ0v) is 8.43. The molecule has 80 valence electrons. The Balaban J connectivity index is 2.94. The van der Waals surface area contributed by atoms with Crippen molar-refractivity contribution < 1.29 is 14.7 Å². The summed E-state index contributed by atoms with van der Waals surface area (Å²) in [5.41, 5.74) is 0.496. The average Bonchev–Trinajstić information content (AvgIpc) is 2.19. The predicted octanol–water partition coefficient (Wildman–Crippen LogP) is 0.991. The molecule has 0 saturated carbocycles. The normalized spacial score (nSPS) is 11.8. The first-order valence-corrected chi connectivity index (χ1v) is 4.72. The van der Waals surface area contributed by atoms with E-state index in [0.29, 0.717) is 12.1 Å². The van der Waals surface area contributed by atoms with Gasteiger partial charge in [0.1, 0.15) is 0 Å². The fourth-order valence-corrected chi connectivity index (χ4v) is 1.33. The van der Waals surface area contributed by atoms with E-state index in [-0.39, 0.29) is 0 Å². The summed E-state index contributed by atoms with van der Waals surface area (Å²) >= 11 is 0. The van der Waals surface area contributed by atoms with Crippen LogP contribution in [0.15, 0.2) is 30.3 Å². The summed E-state index contributed by atoms with van der Waals surface area (Å²) in [5, 5.41) is 11.5. The lowest BCUT2D eigenvalue weighted by atomic mass is 9.98. The van der Waals surface area contributed by atoms with Crippen molar-refractivity contribution in [2.45, 2.75) is 12.8 Å². The number of carbonyl (C=O) groups is 2. The zero-order valence-electron chi connectivity index (χ0n) is 8.43. The molecule has 1 amide bonds. The first kappa shape index (κ1) is 11.2. The van der Waals surface area contributed by atoms with E-state index >= 15 is 0 Å². The number of likely N-dealkylation sites (N-methyl/N-ethyl adjacent to an activating group) is 1. The first-order chi connectivity index (χ1) is 7.16. The Bertz CT molecular complexity index is 348. The lowest BCUT2D eigenvalue weighted by Gasteiger charge is -2.11. The molecule has 0 fully saturated rings. The van der Waals surface area contributed by atoms with Crippen molar-refractivity contribution in [3.63, 3.8) is 0 Å². The molecule has 0 aliphatic heterocycles. The Kier molecular flexibility index (Phi) is 3.85. The molecular weight excluding hydrogens is 194 g/mol. The maximum Gasteiger partial charge on any atom is 0.320 e. The van der Waals surface area contributed by atoms with E-state index in [1.807, 2.05) is 0 Å². The molecule has 2 N–H and O–H groups in total. The van der Waals surface area contributed by atoms with Gasteiger partial charge in [0.2, 0.25) is 5.91 Å². The van der Waals surface area contributed by atoms with Gasteiger partial charge in [0.15, 0.2) is 5.92 Å². The molecule has 0 aromatic heterocycles. The molecular formula is C11H13NO3. The minimum atomic E-state index is -1.13. The number of carboxylic acids is 1. The Hall–Kier alpha value is -1.84.